The highest BCUT2D eigenvalue weighted by molar-refractivity contribution is 5.94. The van der Waals surface area contributed by atoms with Crippen molar-refractivity contribution in [3.05, 3.63) is 35.9 Å². The van der Waals surface area contributed by atoms with E-state index in [1.807, 2.05) is 4.90 Å². The van der Waals surface area contributed by atoms with Crippen LogP contribution in [0.15, 0.2) is 24.5 Å². The molecule has 3 N–H and O–H groups in total. The molecule has 4 heterocycles. The van der Waals surface area contributed by atoms with Gasteiger partial charge in [0.1, 0.15) is 23.8 Å². The molecule has 36 heavy (non-hydrogen) atoms. The van der Waals surface area contributed by atoms with Gasteiger partial charge in [-0.2, -0.15) is 0 Å². The van der Waals surface area contributed by atoms with Crippen molar-refractivity contribution < 1.29 is 23.0 Å². The number of anilines is 4. The van der Waals surface area contributed by atoms with Gasteiger partial charge in [0.2, 0.25) is 0 Å². The monoisotopic (exact) mass is 499 g/mol. The van der Waals surface area contributed by atoms with Gasteiger partial charge in [-0.25, -0.2) is 28.1 Å². The van der Waals surface area contributed by atoms with Crippen LogP contribution >= 0.6 is 0 Å². The Bertz CT molecular complexity index is 1310. The zero-order chi connectivity index (χ0) is 24.8. The fourth-order valence-corrected chi connectivity index (χ4v) is 5.11. The number of nitrogens with one attached hydrogen (secondary N) is 3. The lowest BCUT2D eigenvalue weighted by molar-refractivity contribution is 0.0273. The summed E-state index contributed by atoms with van der Waals surface area (Å²) < 4.78 is 43.0. The van der Waals surface area contributed by atoms with Crippen LogP contribution in [0.4, 0.5) is 36.5 Å². The van der Waals surface area contributed by atoms with Gasteiger partial charge < -0.3 is 30.3 Å². The third kappa shape index (κ3) is 4.09. The topological polar surface area (TPSA) is 106 Å². The first-order valence-corrected chi connectivity index (χ1v) is 12.0. The number of fused-ring (bicyclic) bond motifs is 4. The van der Waals surface area contributed by atoms with Crippen LogP contribution in [0.2, 0.25) is 0 Å². The molecule has 12 heteroatoms. The Labute approximate surface area is 206 Å². The molecule has 2 aromatic heterocycles. The van der Waals surface area contributed by atoms with Crippen molar-refractivity contribution in [3.63, 3.8) is 0 Å². The molecule has 0 radical (unpaired) electrons. The number of rotatable bonds is 2. The summed E-state index contributed by atoms with van der Waals surface area (Å²) in [4.78, 5) is 24.0. The first-order chi connectivity index (χ1) is 17.5. The van der Waals surface area contributed by atoms with Crippen molar-refractivity contribution in [2.45, 2.75) is 37.8 Å². The van der Waals surface area contributed by atoms with Gasteiger partial charge in [-0.15, -0.1) is 0 Å². The molecule has 2 aliphatic heterocycles. The first kappa shape index (κ1) is 22.9. The summed E-state index contributed by atoms with van der Waals surface area (Å²) in [5.74, 6) is -0.0830. The Balaban J connectivity index is 1.49. The lowest BCUT2D eigenvalue weighted by Crippen LogP contribution is -2.43. The van der Waals surface area contributed by atoms with Gasteiger partial charge >= 0.3 is 6.03 Å². The molecule has 1 aliphatic carbocycles. The molecule has 4 bridgehead atoms. The van der Waals surface area contributed by atoms with Crippen LogP contribution in [0.5, 0.6) is 0 Å². The largest absolute Gasteiger partial charge is 0.386 e. The van der Waals surface area contributed by atoms with Crippen LogP contribution < -0.4 is 20.9 Å². The molecule has 3 atom stereocenters. The minimum absolute atomic E-state index is 0.139. The maximum Gasteiger partial charge on any atom is 0.328 e. The number of ether oxygens (including phenoxy) is 2. The molecule has 3 aromatic rings. The molecule has 10 nitrogen and oxygen atoms in total. The summed E-state index contributed by atoms with van der Waals surface area (Å²) in [6, 6.07) is 4.16. The number of carbonyl (C=O) groups is 1. The number of hydrogen-bond acceptors (Lipinski definition) is 8. The van der Waals surface area contributed by atoms with E-state index in [4.69, 9.17) is 9.47 Å². The van der Waals surface area contributed by atoms with Crippen molar-refractivity contribution >= 4 is 40.1 Å². The van der Waals surface area contributed by atoms with Crippen LogP contribution in [0.25, 0.3) is 11.2 Å². The van der Waals surface area contributed by atoms with E-state index in [1.165, 1.54) is 10.9 Å². The summed E-state index contributed by atoms with van der Waals surface area (Å²) in [5, 5.41) is 9.04. The summed E-state index contributed by atoms with van der Waals surface area (Å²) in [6.45, 7) is 2.29. The van der Waals surface area contributed by atoms with Gasteiger partial charge in [0.05, 0.1) is 49.0 Å². The number of morpholine rings is 1. The normalized spacial score (nSPS) is 24.2. The van der Waals surface area contributed by atoms with Crippen LogP contribution in [-0.4, -0.2) is 72.2 Å². The Morgan fingerprint density at radius 1 is 1.19 bits per heavy atom. The van der Waals surface area contributed by atoms with E-state index in [1.54, 1.807) is 25.2 Å². The highest BCUT2D eigenvalue weighted by atomic mass is 19.1. The van der Waals surface area contributed by atoms with Gasteiger partial charge in [-0.05, 0) is 17.7 Å². The van der Waals surface area contributed by atoms with Crippen molar-refractivity contribution in [2.75, 3.05) is 48.9 Å². The van der Waals surface area contributed by atoms with Gasteiger partial charge in [0, 0.05) is 39.0 Å². The van der Waals surface area contributed by atoms with Crippen molar-refractivity contribution in [2.24, 2.45) is 0 Å². The lowest BCUT2D eigenvalue weighted by Gasteiger charge is -2.30. The molecule has 1 saturated heterocycles. The molecular weight excluding hydrogens is 472 g/mol. The summed E-state index contributed by atoms with van der Waals surface area (Å²) in [6.07, 6.45) is 0.0826. The number of pyridine rings is 1. The second kappa shape index (κ2) is 9.17. The van der Waals surface area contributed by atoms with E-state index in [0.717, 1.165) is 5.56 Å². The molecule has 3 aliphatic rings. The summed E-state index contributed by atoms with van der Waals surface area (Å²) in [5.41, 5.74) is 2.79. The predicted molar refractivity (Wildman–Crippen MR) is 130 cm³/mol. The van der Waals surface area contributed by atoms with Crippen LogP contribution in [0.1, 0.15) is 18.4 Å². The number of aromatic nitrogens is 3. The Morgan fingerprint density at radius 2 is 2.03 bits per heavy atom. The minimum Gasteiger partial charge on any atom is -0.386 e. The minimum atomic E-state index is -1.09. The Kier molecular flexibility index (Phi) is 5.84. The van der Waals surface area contributed by atoms with E-state index in [9.17, 15) is 9.18 Å². The molecule has 0 spiro atoms. The van der Waals surface area contributed by atoms with Crippen LogP contribution in [0, 0.1) is 5.82 Å². The summed E-state index contributed by atoms with van der Waals surface area (Å²) in [7, 11) is 1.73. The quantitative estimate of drug-likeness (QED) is 0.494. The van der Waals surface area contributed by atoms with Gasteiger partial charge in [0.25, 0.3) is 0 Å². The van der Waals surface area contributed by atoms with E-state index in [0.29, 0.717) is 49.0 Å². The molecule has 1 saturated carbocycles. The van der Waals surface area contributed by atoms with Crippen molar-refractivity contribution in [1.82, 2.24) is 19.9 Å². The number of halogens is 2. The van der Waals surface area contributed by atoms with Crippen LogP contribution in [-0.2, 0) is 16.1 Å². The van der Waals surface area contributed by atoms with Gasteiger partial charge in [-0.3, -0.25) is 0 Å². The molecule has 6 rings (SSSR count). The highest BCUT2D eigenvalue weighted by Gasteiger charge is 2.37. The SMILES string of the molecule is CNc1cc2nc3c1ncn3C(=O)N[C@H]1C[C@H](F)C[C@@H]1OCc1cc(c(F)c(N3CCOCC3)c1)N2. The fraction of sp³-hybridized carbons (Fsp3) is 0.458. The van der Waals surface area contributed by atoms with Crippen LogP contribution in [0.3, 0.4) is 0 Å². The van der Waals surface area contributed by atoms with E-state index < -0.39 is 30.2 Å². The number of hydrogen-bond donors (Lipinski definition) is 3. The lowest BCUT2D eigenvalue weighted by atomic mass is 10.1. The number of amides is 1. The third-order valence-electron chi connectivity index (χ3n) is 6.94. The Hall–Kier alpha value is -3.51. The average Bonchev–Trinajstić information content (AvgIpc) is 3.46. The number of nitrogens with zero attached hydrogens (tertiary/aromatic N) is 4. The average molecular weight is 500 g/mol. The standard InChI is InChI=1S/C24H27F2N7O3/c1-27-17-10-20-29-16-6-13(7-18(21(16)26)32-2-4-35-5-3-32)11-36-19-9-14(25)8-15(19)30-24(34)33-12-28-22(17)23(33)31-20/h6-7,10,12,14-15,19H,2-5,8-9,11H2,1H3,(H,30,34)(H2,27,29,31)/t14-,15-,19-/m0/s1. The maximum absolute atomic E-state index is 15.8. The van der Waals surface area contributed by atoms with E-state index in [2.05, 4.69) is 25.9 Å². The van der Waals surface area contributed by atoms with Crippen molar-refractivity contribution in [1.29, 1.82) is 0 Å². The zero-order valence-electron chi connectivity index (χ0n) is 19.8. The number of alkyl halides is 1. The Morgan fingerprint density at radius 3 is 2.83 bits per heavy atom. The molecular formula is C24H27F2N7O3. The predicted octanol–water partition coefficient (Wildman–Crippen LogP) is 3.15. The van der Waals surface area contributed by atoms with E-state index >= 15 is 4.39 Å². The molecule has 2 fully saturated rings. The molecule has 1 amide bonds. The third-order valence-corrected chi connectivity index (χ3v) is 6.94. The maximum atomic E-state index is 15.8. The first-order valence-electron chi connectivity index (χ1n) is 12.0. The van der Waals surface area contributed by atoms with E-state index in [-0.39, 0.29) is 30.8 Å². The fourth-order valence-electron chi connectivity index (χ4n) is 5.11. The second-order valence-corrected chi connectivity index (χ2v) is 9.27. The van der Waals surface area contributed by atoms with Gasteiger partial charge in [-0.1, -0.05) is 0 Å². The molecule has 190 valence electrons. The molecule has 0 unspecified atom stereocenters. The number of benzene rings is 1. The van der Waals surface area contributed by atoms with Gasteiger partial charge in [0.15, 0.2) is 11.5 Å². The zero-order valence-corrected chi connectivity index (χ0v) is 19.8. The number of carbonyl (C=O) groups excluding carboxylic acids is 1. The molecule has 1 aromatic carbocycles. The second-order valence-electron chi connectivity index (χ2n) is 9.27. The number of imidazole rings is 1. The highest BCUT2D eigenvalue weighted by Crippen LogP contribution is 2.34. The van der Waals surface area contributed by atoms with Crippen molar-refractivity contribution in [3.8, 4) is 0 Å². The smallest absolute Gasteiger partial charge is 0.328 e. The summed E-state index contributed by atoms with van der Waals surface area (Å²) >= 11 is 0.